The number of halogens is 1. The van der Waals surface area contributed by atoms with Gasteiger partial charge in [0.25, 0.3) is 5.91 Å². The zero-order valence-electron chi connectivity index (χ0n) is 15.8. The van der Waals surface area contributed by atoms with Crippen molar-refractivity contribution in [2.24, 2.45) is 0 Å². The first-order valence-electron chi connectivity index (χ1n) is 9.41. The lowest BCUT2D eigenvalue weighted by molar-refractivity contribution is 0.102. The van der Waals surface area contributed by atoms with Crippen molar-refractivity contribution in [1.82, 2.24) is 4.98 Å². The molecule has 1 aromatic heterocycles. The Morgan fingerprint density at radius 1 is 0.966 bits per heavy atom. The van der Waals surface area contributed by atoms with Gasteiger partial charge < -0.3 is 20.3 Å². The van der Waals surface area contributed by atoms with Crippen molar-refractivity contribution in [1.29, 1.82) is 0 Å². The van der Waals surface area contributed by atoms with E-state index in [1.807, 2.05) is 18.2 Å². The summed E-state index contributed by atoms with van der Waals surface area (Å²) in [5.74, 6) is -0.275. The second-order valence-electron chi connectivity index (χ2n) is 6.61. The molecule has 1 saturated heterocycles. The first-order valence-corrected chi connectivity index (χ1v) is 9.41. The van der Waals surface area contributed by atoms with Gasteiger partial charge in [-0.25, -0.2) is 9.37 Å². The summed E-state index contributed by atoms with van der Waals surface area (Å²) in [7, 11) is 0. The van der Waals surface area contributed by atoms with E-state index in [0.29, 0.717) is 24.6 Å². The molecule has 2 heterocycles. The van der Waals surface area contributed by atoms with Crippen LogP contribution in [0.15, 0.2) is 66.9 Å². The number of carbonyl (C=O) groups excluding carboxylic acids is 1. The number of amides is 1. The summed E-state index contributed by atoms with van der Waals surface area (Å²) in [6, 6.07) is 17.4. The highest BCUT2D eigenvalue weighted by atomic mass is 19.1. The van der Waals surface area contributed by atoms with Gasteiger partial charge in [0.15, 0.2) is 0 Å². The second-order valence-corrected chi connectivity index (χ2v) is 6.61. The molecule has 0 aliphatic carbocycles. The van der Waals surface area contributed by atoms with Crippen LogP contribution in [0, 0.1) is 5.82 Å². The van der Waals surface area contributed by atoms with E-state index in [-0.39, 0.29) is 5.69 Å². The van der Waals surface area contributed by atoms with Gasteiger partial charge in [0.1, 0.15) is 11.6 Å². The van der Waals surface area contributed by atoms with Crippen LogP contribution in [0.5, 0.6) is 0 Å². The lowest BCUT2D eigenvalue weighted by atomic mass is 10.2. The fourth-order valence-electron chi connectivity index (χ4n) is 3.16. The third kappa shape index (κ3) is 4.52. The van der Waals surface area contributed by atoms with Crippen LogP contribution >= 0.6 is 0 Å². The molecule has 0 saturated carbocycles. The molecule has 0 spiro atoms. The van der Waals surface area contributed by atoms with Gasteiger partial charge in [-0.05, 0) is 36.4 Å². The first kappa shape index (κ1) is 18.9. The summed E-state index contributed by atoms with van der Waals surface area (Å²) < 4.78 is 19.1. The maximum absolute atomic E-state index is 13.7. The highest BCUT2D eigenvalue weighted by Crippen LogP contribution is 2.28. The summed E-state index contributed by atoms with van der Waals surface area (Å²) in [4.78, 5) is 18.9. The summed E-state index contributed by atoms with van der Waals surface area (Å²) in [5, 5.41) is 5.86. The molecule has 1 fully saturated rings. The van der Waals surface area contributed by atoms with E-state index >= 15 is 0 Å². The predicted octanol–water partition coefficient (Wildman–Crippen LogP) is 4.05. The van der Waals surface area contributed by atoms with Gasteiger partial charge in [-0.3, -0.25) is 4.79 Å². The lowest BCUT2D eigenvalue weighted by Crippen LogP contribution is -2.36. The summed E-state index contributed by atoms with van der Waals surface area (Å²) in [6.45, 7) is 3.08. The number of ether oxygens (including phenoxy) is 1. The Hall–Kier alpha value is -3.45. The van der Waals surface area contributed by atoms with Gasteiger partial charge in [-0.2, -0.15) is 0 Å². The smallest absolute Gasteiger partial charge is 0.257 e. The van der Waals surface area contributed by atoms with E-state index in [4.69, 9.17) is 4.74 Å². The van der Waals surface area contributed by atoms with Crippen molar-refractivity contribution in [3.05, 3.63) is 78.2 Å². The summed E-state index contributed by atoms with van der Waals surface area (Å²) in [5.41, 5.74) is 2.50. The summed E-state index contributed by atoms with van der Waals surface area (Å²) >= 11 is 0. The van der Waals surface area contributed by atoms with Crippen LogP contribution in [-0.4, -0.2) is 37.2 Å². The molecule has 4 rings (SSSR count). The Balaban J connectivity index is 1.46. The third-order valence-corrected chi connectivity index (χ3v) is 4.67. The van der Waals surface area contributed by atoms with E-state index < -0.39 is 11.7 Å². The van der Waals surface area contributed by atoms with Crippen LogP contribution in [0.4, 0.5) is 27.3 Å². The van der Waals surface area contributed by atoms with Gasteiger partial charge in [-0.15, -0.1) is 0 Å². The van der Waals surface area contributed by atoms with Crippen LogP contribution < -0.4 is 15.5 Å². The van der Waals surface area contributed by atoms with Gasteiger partial charge in [0.2, 0.25) is 0 Å². The largest absolute Gasteiger partial charge is 0.378 e. The molecule has 0 radical (unpaired) electrons. The Kier molecular flexibility index (Phi) is 5.67. The van der Waals surface area contributed by atoms with Crippen molar-refractivity contribution in [2.75, 3.05) is 41.8 Å². The van der Waals surface area contributed by atoms with Gasteiger partial charge in [0, 0.05) is 19.3 Å². The topological polar surface area (TPSA) is 66.5 Å². The molecular formula is C22H21FN4O2. The highest BCUT2D eigenvalue weighted by Gasteiger charge is 2.15. The molecule has 7 heteroatoms. The molecule has 1 aliphatic rings. The van der Waals surface area contributed by atoms with Gasteiger partial charge >= 0.3 is 0 Å². The minimum atomic E-state index is -0.480. The fourth-order valence-corrected chi connectivity index (χ4v) is 3.16. The minimum absolute atomic E-state index is 0.138. The van der Waals surface area contributed by atoms with Crippen LogP contribution in [0.1, 0.15) is 10.4 Å². The first-order chi connectivity index (χ1) is 14.2. The Labute approximate surface area is 168 Å². The maximum atomic E-state index is 13.7. The summed E-state index contributed by atoms with van der Waals surface area (Å²) in [6.07, 6.45) is 1.47. The minimum Gasteiger partial charge on any atom is -0.378 e. The number of morpholine rings is 1. The molecule has 1 aliphatic heterocycles. The normalized spacial score (nSPS) is 13.8. The van der Waals surface area contributed by atoms with Crippen molar-refractivity contribution >= 4 is 28.8 Å². The molecule has 3 aromatic rings. The quantitative estimate of drug-likeness (QED) is 0.686. The zero-order chi connectivity index (χ0) is 20.1. The van der Waals surface area contributed by atoms with Crippen LogP contribution in [0.2, 0.25) is 0 Å². The standard InChI is InChI=1S/C22H21FN4O2/c23-17-5-1-2-6-18(17)26-22(28)16-9-10-21(24-15-16)25-19-7-3-4-8-20(19)27-11-13-29-14-12-27/h1-10,15H,11-14H2,(H,24,25)(H,26,28). The monoisotopic (exact) mass is 392 g/mol. The number of benzene rings is 2. The Morgan fingerprint density at radius 3 is 2.41 bits per heavy atom. The van der Waals surface area contributed by atoms with Gasteiger partial charge in [-0.1, -0.05) is 24.3 Å². The number of aromatic nitrogens is 1. The molecule has 0 atom stereocenters. The number of nitrogens with zero attached hydrogens (tertiary/aromatic N) is 2. The van der Waals surface area contributed by atoms with Crippen LogP contribution in [-0.2, 0) is 4.74 Å². The second kappa shape index (κ2) is 8.70. The van der Waals surface area contributed by atoms with E-state index in [0.717, 1.165) is 24.5 Å². The predicted molar refractivity (Wildman–Crippen MR) is 111 cm³/mol. The SMILES string of the molecule is O=C(Nc1ccccc1F)c1ccc(Nc2ccccc2N2CCOCC2)nc1. The van der Waals surface area contributed by atoms with E-state index in [9.17, 15) is 9.18 Å². The third-order valence-electron chi connectivity index (χ3n) is 4.67. The molecule has 0 bridgehead atoms. The number of carbonyl (C=O) groups is 1. The lowest BCUT2D eigenvalue weighted by Gasteiger charge is -2.30. The molecule has 1 amide bonds. The fraction of sp³-hybridized carbons (Fsp3) is 0.182. The van der Waals surface area contributed by atoms with Crippen molar-refractivity contribution in [2.45, 2.75) is 0 Å². The molecule has 29 heavy (non-hydrogen) atoms. The van der Waals surface area contributed by atoms with Gasteiger partial charge in [0.05, 0.1) is 35.8 Å². The number of hydrogen-bond acceptors (Lipinski definition) is 5. The average molecular weight is 392 g/mol. The number of nitrogens with one attached hydrogen (secondary N) is 2. The Morgan fingerprint density at radius 2 is 1.69 bits per heavy atom. The van der Waals surface area contributed by atoms with E-state index in [2.05, 4.69) is 26.6 Å². The van der Waals surface area contributed by atoms with E-state index in [1.165, 1.54) is 18.3 Å². The average Bonchev–Trinajstić information content (AvgIpc) is 2.77. The number of rotatable bonds is 5. The highest BCUT2D eigenvalue weighted by molar-refractivity contribution is 6.04. The molecule has 6 nitrogen and oxygen atoms in total. The van der Waals surface area contributed by atoms with Crippen LogP contribution in [0.3, 0.4) is 0 Å². The van der Waals surface area contributed by atoms with Crippen molar-refractivity contribution in [3.8, 4) is 0 Å². The molecule has 0 unspecified atom stereocenters. The zero-order valence-corrected chi connectivity index (χ0v) is 15.8. The molecular weight excluding hydrogens is 371 g/mol. The number of pyridine rings is 1. The number of para-hydroxylation sites is 3. The maximum Gasteiger partial charge on any atom is 0.257 e. The Bertz CT molecular complexity index is 988. The molecule has 148 valence electrons. The van der Waals surface area contributed by atoms with E-state index in [1.54, 1.807) is 24.3 Å². The van der Waals surface area contributed by atoms with Crippen LogP contribution in [0.25, 0.3) is 0 Å². The molecule has 2 N–H and O–H groups in total. The van der Waals surface area contributed by atoms with Crippen molar-refractivity contribution in [3.63, 3.8) is 0 Å². The number of anilines is 4. The number of hydrogen-bond donors (Lipinski definition) is 2. The van der Waals surface area contributed by atoms with Crippen molar-refractivity contribution < 1.29 is 13.9 Å². The molecule has 2 aromatic carbocycles.